The smallest absolute Gasteiger partial charge is 0.338 e. The van der Waals surface area contributed by atoms with Crippen molar-refractivity contribution in [1.29, 1.82) is 0 Å². The maximum atomic E-state index is 12.4. The molecular weight excluding hydrogens is 316 g/mol. The van der Waals surface area contributed by atoms with Crippen molar-refractivity contribution in [3.63, 3.8) is 0 Å². The van der Waals surface area contributed by atoms with Gasteiger partial charge in [0.15, 0.2) is 0 Å². The highest BCUT2D eigenvalue weighted by atomic mass is 16.5. The number of esters is 1. The second-order valence-corrected chi connectivity index (χ2v) is 6.70. The summed E-state index contributed by atoms with van der Waals surface area (Å²) in [5.41, 5.74) is 6.91. The minimum absolute atomic E-state index is 0.239. The molecule has 0 heterocycles. The molecule has 2 N–H and O–H groups in total. The van der Waals surface area contributed by atoms with Crippen molar-refractivity contribution in [2.75, 3.05) is 32.0 Å². The first-order valence-corrected chi connectivity index (χ1v) is 9.36. The van der Waals surface area contributed by atoms with E-state index < -0.39 is 0 Å². The van der Waals surface area contributed by atoms with Gasteiger partial charge in [-0.1, -0.05) is 34.6 Å². The summed E-state index contributed by atoms with van der Waals surface area (Å²) in [5, 5.41) is 0. The number of benzene rings is 1. The molecule has 0 aliphatic rings. The molecule has 1 atom stereocenters. The summed E-state index contributed by atoms with van der Waals surface area (Å²) in [6.45, 7) is 13.5. The van der Waals surface area contributed by atoms with Crippen LogP contribution in [0, 0.1) is 5.92 Å². The molecule has 0 aliphatic heterocycles. The van der Waals surface area contributed by atoms with Gasteiger partial charge in [-0.25, -0.2) is 4.79 Å². The summed E-state index contributed by atoms with van der Waals surface area (Å²) in [7, 11) is 0. The zero-order valence-electron chi connectivity index (χ0n) is 16.4. The maximum Gasteiger partial charge on any atom is 0.338 e. The predicted octanol–water partition coefficient (Wildman–Crippen LogP) is 3.97. The summed E-state index contributed by atoms with van der Waals surface area (Å²) in [5.74, 6) is 0.760. The number of likely N-dealkylation sites (N-methyl/N-ethyl adjacent to an activating group) is 1. The standard InChI is InChI=1S/C20H34N2O3/c1-6-11-24-19-13-16(9-10-18(19)21)20(23)25-14-17(12-15(4)5)22(7-2)8-3/h9-10,13,15,17H,6-8,11-12,14,21H2,1-5H3/t17-/m0/s1. The molecule has 0 saturated heterocycles. The number of carbonyl (C=O) groups excluding carboxylic acids is 1. The zero-order chi connectivity index (χ0) is 18.8. The van der Waals surface area contributed by atoms with Gasteiger partial charge in [0.2, 0.25) is 0 Å². The zero-order valence-corrected chi connectivity index (χ0v) is 16.4. The third kappa shape index (κ3) is 6.94. The number of nitrogen functional groups attached to an aromatic ring is 1. The van der Waals surface area contributed by atoms with Crippen LogP contribution in [0.3, 0.4) is 0 Å². The Hall–Kier alpha value is -1.75. The lowest BCUT2D eigenvalue weighted by Crippen LogP contribution is -2.40. The van der Waals surface area contributed by atoms with Crippen LogP contribution < -0.4 is 10.5 Å². The van der Waals surface area contributed by atoms with Gasteiger partial charge >= 0.3 is 5.97 Å². The average molecular weight is 351 g/mol. The number of nitrogens with zero attached hydrogens (tertiary/aromatic N) is 1. The highest BCUT2D eigenvalue weighted by Gasteiger charge is 2.20. The van der Waals surface area contributed by atoms with E-state index in [1.165, 1.54) is 0 Å². The van der Waals surface area contributed by atoms with Crippen LogP contribution in [-0.2, 0) is 4.74 Å². The average Bonchev–Trinajstić information content (AvgIpc) is 2.59. The second-order valence-electron chi connectivity index (χ2n) is 6.70. The summed E-state index contributed by atoms with van der Waals surface area (Å²) < 4.78 is 11.2. The SMILES string of the molecule is CCCOc1cc(C(=O)OC[C@H](CC(C)C)N(CC)CC)ccc1N. The molecule has 0 saturated carbocycles. The van der Waals surface area contributed by atoms with Crippen LogP contribution in [0.15, 0.2) is 18.2 Å². The molecule has 0 spiro atoms. The van der Waals surface area contributed by atoms with Crippen LogP contribution in [0.25, 0.3) is 0 Å². The molecule has 1 rings (SSSR count). The van der Waals surface area contributed by atoms with Crippen molar-refractivity contribution < 1.29 is 14.3 Å². The number of hydrogen-bond acceptors (Lipinski definition) is 5. The van der Waals surface area contributed by atoms with Gasteiger partial charge in [-0.3, -0.25) is 4.90 Å². The Bertz CT molecular complexity index is 528. The van der Waals surface area contributed by atoms with Gasteiger partial charge in [0.05, 0.1) is 17.9 Å². The van der Waals surface area contributed by atoms with Gasteiger partial charge in [-0.2, -0.15) is 0 Å². The summed E-state index contributed by atoms with van der Waals surface area (Å²) in [4.78, 5) is 14.8. The molecule has 5 nitrogen and oxygen atoms in total. The van der Waals surface area contributed by atoms with Gasteiger partial charge < -0.3 is 15.2 Å². The Morgan fingerprint density at radius 2 is 1.88 bits per heavy atom. The Morgan fingerprint density at radius 3 is 2.44 bits per heavy atom. The highest BCUT2D eigenvalue weighted by Crippen LogP contribution is 2.23. The van der Waals surface area contributed by atoms with Crippen LogP contribution in [-0.4, -0.2) is 43.2 Å². The van der Waals surface area contributed by atoms with Crippen LogP contribution in [0.4, 0.5) is 5.69 Å². The molecule has 0 radical (unpaired) electrons. The van der Waals surface area contributed by atoms with E-state index in [1.807, 2.05) is 6.92 Å². The normalized spacial score (nSPS) is 12.4. The van der Waals surface area contributed by atoms with E-state index in [0.29, 0.717) is 36.1 Å². The molecule has 5 heteroatoms. The molecule has 1 aromatic rings. The highest BCUT2D eigenvalue weighted by molar-refractivity contribution is 5.90. The number of carbonyl (C=O) groups is 1. The summed E-state index contributed by atoms with van der Waals surface area (Å²) in [6, 6.07) is 5.29. The van der Waals surface area contributed by atoms with Gasteiger partial charge in [0.1, 0.15) is 12.4 Å². The van der Waals surface area contributed by atoms with E-state index in [1.54, 1.807) is 18.2 Å². The fraction of sp³-hybridized carbons (Fsp3) is 0.650. The van der Waals surface area contributed by atoms with E-state index in [-0.39, 0.29) is 12.0 Å². The van der Waals surface area contributed by atoms with Crippen molar-refractivity contribution >= 4 is 11.7 Å². The molecule has 0 aromatic heterocycles. The molecule has 0 amide bonds. The fourth-order valence-electron chi connectivity index (χ4n) is 2.86. The van der Waals surface area contributed by atoms with Gasteiger partial charge in [-0.05, 0) is 50.0 Å². The van der Waals surface area contributed by atoms with E-state index in [2.05, 4.69) is 32.6 Å². The van der Waals surface area contributed by atoms with Crippen molar-refractivity contribution in [2.24, 2.45) is 5.92 Å². The summed E-state index contributed by atoms with van der Waals surface area (Å²) in [6.07, 6.45) is 1.89. The Morgan fingerprint density at radius 1 is 1.20 bits per heavy atom. The largest absolute Gasteiger partial charge is 0.491 e. The minimum Gasteiger partial charge on any atom is -0.491 e. The fourth-order valence-corrected chi connectivity index (χ4v) is 2.86. The Kier molecular flexibility index (Phi) is 9.35. The first-order chi connectivity index (χ1) is 11.9. The van der Waals surface area contributed by atoms with E-state index in [9.17, 15) is 4.79 Å². The second kappa shape index (κ2) is 11.0. The molecule has 1 aromatic carbocycles. The maximum absolute atomic E-state index is 12.4. The van der Waals surface area contributed by atoms with Gasteiger partial charge in [0, 0.05) is 6.04 Å². The topological polar surface area (TPSA) is 64.8 Å². The molecule has 0 aliphatic carbocycles. The number of ether oxygens (including phenoxy) is 2. The molecule has 0 fully saturated rings. The third-order valence-corrected chi connectivity index (χ3v) is 4.19. The molecule has 0 bridgehead atoms. The van der Waals surface area contributed by atoms with Gasteiger partial charge in [-0.15, -0.1) is 0 Å². The number of nitrogens with two attached hydrogens (primary N) is 1. The number of anilines is 1. The first-order valence-electron chi connectivity index (χ1n) is 9.36. The lowest BCUT2D eigenvalue weighted by Gasteiger charge is -2.30. The lowest BCUT2D eigenvalue weighted by atomic mass is 10.0. The first kappa shape index (κ1) is 21.3. The van der Waals surface area contributed by atoms with Crippen LogP contribution in [0.2, 0.25) is 0 Å². The predicted molar refractivity (Wildman–Crippen MR) is 103 cm³/mol. The van der Waals surface area contributed by atoms with Gasteiger partial charge in [0.25, 0.3) is 0 Å². The Labute approximate surface area is 152 Å². The number of hydrogen-bond donors (Lipinski definition) is 1. The third-order valence-electron chi connectivity index (χ3n) is 4.19. The Balaban J connectivity index is 2.76. The van der Waals surface area contributed by atoms with Crippen molar-refractivity contribution in [3.05, 3.63) is 23.8 Å². The van der Waals surface area contributed by atoms with Crippen LogP contribution >= 0.6 is 0 Å². The number of rotatable bonds is 11. The lowest BCUT2D eigenvalue weighted by molar-refractivity contribution is 0.0330. The van der Waals surface area contributed by atoms with E-state index in [0.717, 1.165) is 25.9 Å². The molecule has 25 heavy (non-hydrogen) atoms. The van der Waals surface area contributed by atoms with Crippen LogP contribution in [0.5, 0.6) is 5.75 Å². The monoisotopic (exact) mass is 350 g/mol. The van der Waals surface area contributed by atoms with Crippen molar-refractivity contribution in [2.45, 2.75) is 53.5 Å². The van der Waals surface area contributed by atoms with Crippen molar-refractivity contribution in [3.8, 4) is 5.75 Å². The quantitative estimate of drug-likeness (QED) is 0.483. The van der Waals surface area contributed by atoms with E-state index >= 15 is 0 Å². The minimum atomic E-state index is -0.331. The van der Waals surface area contributed by atoms with Crippen LogP contribution in [0.1, 0.15) is 57.8 Å². The molecular formula is C20H34N2O3. The van der Waals surface area contributed by atoms with Crippen molar-refractivity contribution in [1.82, 2.24) is 4.90 Å². The molecule has 142 valence electrons. The van der Waals surface area contributed by atoms with E-state index in [4.69, 9.17) is 15.2 Å². The molecule has 0 unspecified atom stereocenters. The summed E-state index contributed by atoms with van der Waals surface area (Å²) >= 11 is 0.